The zero-order chi connectivity index (χ0) is 17.5. The lowest BCUT2D eigenvalue weighted by atomic mass is 9.87. The first kappa shape index (κ1) is 17.0. The van der Waals surface area contributed by atoms with E-state index in [9.17, 15) is 13.2 Å². The van der Waals surface area contributed by atoms with Crippen molar-refractivity contribution in [1.29, 1.82) is 0 Å². The third-order valence-electron chi connectivity index (χ3n) is 4.24. The second-order valence-corrected chi connectivity index (χ2v) is 8.47. The van der Waals surface area contributed by atoms with E-state index in [1.165, 1.54) is 4.31 Å². The Kier molecular flexibility index (Phi) is 4.40. The standard InChI is InChI=1S/C17H17BrN2O3S/c1-11-10-13(17(19)21)12-6-2-4-8-15(12)20(11)24(22,23)16-9-5-3-7-14(16)18/h2-9,11,13H,10H2,1H3,(H2,19,21). The average Bonchev–Trinajstić information content (AvgIpc) is 2.53. The molecule has 24 heavy (non-hydrogen) atoms. The quantitative estimate of drug-likeness (QED) is 0.847. The summed E-state index contributed by atoms with van der Waals surface area (Å²) < 4.78 is 28.4. The van der Waals surface area contributed by atoms with E-state index in [1.54, 1.807) is 55.5 Å². The highest BCUT2D eigenvalue weighted by Crippen LogP contribution is 2.41. The SMILES string of the molecule is CC1CC(C(N)=O)c2ccccc2N1S(=O)(=O)c1ccccc1Br. The highest BCUT2D eigenvalue weighted by molar-refractivity contribution is 9.10. The Labute approximate surface area is 149 Å². The predicted molar refractivity (Wildman–Crippen MR) is 96.3 cm³/mol. The summed E-state index contributed by atoms with van der Waals surface area (Å²) >= 11 is 3.31. The summed E-state index contributed by atoms with van der Waals surface area (Å²) in [5, 5.41) is 0. The average molecular weight is 409 g/mol. The first-order valence-corrected chi connectivity index (χ1v) is 9.74. The summed E-state index contributed by atoms with van der Waals surface area (Å²) in [4.78, 5) is 12.0. The van der Waals surface area contributed by atoms with Gasteiger partial charge < -0.3 is 5.73 Å². The minimum atomic E-state index is -3.77. The molecule has 0 bridgehead atoms. The topological polar surface area (TPSA) is 80.5 Å². The van der Waals surface area contributed by atoms with E-state index in [-0.39, 0.29) is 10.9 Å². The lowest BCUT2D eigenvalue weighted by Crippen LogP contribution is -2.45. The zero-order valence-electron chi connectivity index (χ0n) is 13.0. The van der Waals surface area contributed by atoms with Gasteiger partial charge in [-0.05, 0) is 53.0 Å². The van der Waals surface area contributed by atoms with Crippen LogP contribution < -0.4 is 10.0 Å². The summed E-state index contributed by atoms with van der Waals surface area (Å²) in [5.74, 6) is -0.922. The molecule has 5 nitrogen and oxygen atoms in total. The van der Waals surface area contributed by atoms with Crippen molar-refractivity contribution in [3.05, 3.63) is 58.6 Å². The Morgan fingerprint density at radius 2 is 1.79 bits per heavy atom. The second kappa shape index (κ2) is 6.22. The number of amides is 1. The molecule has 0 aliphatic carbocycles. The molecule has 7 heteroatoms. The fourth-order valence-electron chi connectivity index (χ4n) is 3.18. The normalized spacial score (nSPS) is 20.5. The van der Waals surface area contributed by atoms with Crippen molar-refractivity contribution < 1.29 is 13.2 Å². The number of sulfonamides is 1. The van der Waals surface area contributed by atoms with Crippen LogP contribution in [0.5, 0.6) is 0 Å². The second-order valence-electron chi connectivity index (χ2n) is 5.83. The maximum atomic E-state index is 13.2. The van der Waals surface area contributed by atoms with Crippen LogP contribution >= 0.6 is 15.9 Å². The van der Waals surface area contributed by atoms with Gasteiger partial charge in [-0.1, -0.05) is 30.3 Å². The first-order valence-electron chi connectivity index (χ1n) is 7.51. The van der Waals surface area contributed by atoms with E-state index in [2.05, 4.69) is 15.9 Å². The van der Waals surface area contributed by atoms with E-state index in [0.717, 1.165) is 0 Å². The van der Waals surface area contributed by atoms with Gasteiger partial charge >= 0.3 is 0 Å². The molecular formula is C17H17BrN2O3S. The van der Waals surface area contributed by atoms with Crippen molar-refractivity contribution in [2.45, 2.75) is 30.2 Å². The minimum absolute atomic E-state index is 0.198. The van der Waals surface area contributed by atoms with Crippen LogP contribution in [0.25, 0.3) is 0 Å². The third kappa shape index (κ3) is 2.71. The van der Waals surface area contributed by atoms with Gasteiger partial charge in [-0.25, -0.2) is 8.42 Å². The number of benzene rings is 2. The van der Waals surface area contributed by atoms with Gasteiger partial charge in [-0.15, -0.1) is 0 Å². The molecule has 0 fully saturated rings. The van der Waals surface area contributed by atoms with Gasteiger partial charge in [-0.2, -0.15) is 0 Å². The zero-order valence-corrected chi connectivity index (χ0v) is 15.4. The summed E-state index contributed by atoms with van der Waals surface area (Å²) in [6, 6.07) is 13.4. The number of primary amides is 1. The Morgan fingerprint density at radius 3 is 2.46 bits per heavy atom. The number of nitrogens with two attached hydrogens (primary N) is 1. The van der Waals surface area contributed by atoms with Gasteiger partial charge in [0.2, 0.25) is 5.91 Å². The van der Waals surface area contributed by atoms with Crippen LogP contribution in [0, 0.1) is 0 Å². The fourth-order valence-corrected chi connectivity index (χ4v) is 5.84. The Balaban J connectivity index is 2.19. The summed E-state index contributed by atoms with van der Waals surface area (Å²) in [5.41, 5.74) is 6.68. The molecule has 0 spiro atoms. The van der Waals surface area contributed by atoms with E-state index >= 15 is 0 Å². The van der Waals surface area contributed by atoms with E-state index in [0.29, 0.717) is 22.1 Å². The summed E-state index contributed by atoms with van der Waals surface area (Å²) in [7, 11) is -3.77. The molecule has 2 N–H and O–H groups in total. The van der Waals surface area contributed by atoms with Gasteiger partial charge in [0, 0.05) is 10.5 Å². The van der Waals surface area contributed by atoms with E-state index < -0.39 is 21.8 Å². The maximum Gasteiger partial charge on any atom is 0.265 e. The molecule has 2 aromatic carbocycles. The molecule has 0 aromatic heterocycles. The number of halogens is 1. The minimum Gasteiger partial charge on any atom is -0.369 e. The Hall–Kier alpha value is -1.86. The molecule has 1 aliphatic heterocycles. The number of hydrogen-bond acceptors (Lipinski definition) is 3. The fraction of sp³-hybridized carbons (Fsp3) is 0.235. The largest absolute Gasteiger partial charge is 0.369 e. The number of anilines is 1. The third-order valence-corrected chi connectivity index (χ3v) is 7.18. The molecule has 1 amide bonds. The number of carbonyl (C=O) groups is 1. The Morgan fingerprint density at radius 1 is 1.17 bits per heavy atom. The number of rotatable bonds is 3. The van der Waals surface area contributed by atoms with Crippen molar-refractivity contribution in [1.82, 2.24) is 0 Å². The molecule has 126 valence electrons. The smallest absolute Gasteiger partial charge is 0.265 e. The lowest BCUT2D eigenvalue weighted by Gasteiger charge is -2.39. The molecule has 2 aromatic rings. The van der Waals surface area contributed by atoms with Crippen molar-refractivity contribution in [2.24, 2.45) is 5.73 Å². The molecule has 3 rings (SSSR count). The number of hydrogen-bond donors (Lipinski definition) is 1. The highest BCUT2D eigenvalue weighted by atomic mass is 79.9. The predicted octanol–water partition coefficient (Wildman–Crippen LogP) is 3.01. The van der Waals surface area contributed by atoms with Crippen molar-refractivity contribution in [3.63, 3.8) is 0 Å². The molecule has 1 heterocycles. The monoisotopic (exact) mass is 408 g/mol. The highest BCUT2D eigenvalue weighted by Gasteiger charge is 2.39. The van der Waals surface area contributed by atoms with Gasteiger partial charge in [0.15, 0.2) is 0 Å². The molecule has 2 atom stereocenters. The number of para-hydroxylation sites is 1. The maximum absolute atomic E-state index is 13.2. The van der Waals surface area contributed by atoms with E-state index in [1.807, 2.05) is 0 Å². The summed E-state index contributed by atoms with van der Waals surface area (Å²) in [6.07, 6.45) is 0.357. The Bertz CT molecular complexity index is 898. The molecular weight excluding hydrogens is 392 g/mol. The molecule has 0 radical (unpaired) electrons. The first-order chi connectivity index (χ1) is 11.3. The number of nitrogens with zero attached hydrogens (tertiary/aromatic N) is 1. The molecule has 0 saturated heterocycles. The molecule has 2 unspecified atom stereocenters. The van der Waals surface area contributed by atoms with Crippen LogP contribution in [0.4, 0.5) is 5.69 Å². The lowest BCUT2D eigenvalue weighted by molar-refractivity contribution is -0.119. The van der Waals surface area contributed by atoms with Crippen LogP contribution in [0.3, 0.4) is 0 Å². The van der Waals surface area contributed by atoms with Gasteiger partial charge in [0.05, 0.1) is 11.6 Å². The molecule has 1 aliphatic rings. The van der Waals surface area contributed by atoms with Gasteiger partial charge in [0.1, 0.15) is 4.90 Å². The van der Waals surface area contributed by atoms with Crippen LogP contribution in [0.2, 0.25) is 0 Å². The van der Waals surface area contributed by atoms with Crippen molar-refractivity contribution >= 4 is 37.5 Å². The van der Waals surface area contributed by atoms with Crippen LogP contribution in [-0.4, -0.2) is 20.4 Å². The van der Waals surface area contributed by atoms with Crippen molar-refractivity contribution in [3.8, 4) is 0 Å². The summed E-state index contributed by atoms with van der Waals surface area (Å²) in [6.45, 7) is 1.79. The van der Waals surface area contributed by atoms with E-state index in [4.69, 9.17) is 5.73 Å². The number of carbonyl (C=O) groups excluding carboxylic acids is 1. The van der Waals surface area contributed by atoms with Crippen LogP contribution in [-0.2, 0) is 14.8 Å². The molecule has 0 saturated carbocycles. The van der Waals surface area contributed by atoms with Crippen LogP contribution in [0.1, 0.15) is 24.8 Å². The van der Waals surface area contributed by atoms with Gasteiger partial charge in [-0.3, -0.25) is 9.10 Å². The van der Waals surface area contributed by atoms with Gasteiger partial charge in [0.25, 0.3) is 10.0 Å². The van der Waals surface area contributed by atoms with Crippen molar-refractivity contribution in [2.75, 3.05) is 4.31 Å². The number of fused-ring (bicyclic) bond motifs is 1. The van der Waals surface area contributed by atoms with Crippen LogP contribution in [0.15, 0.2) is 57.9 Å².